The van der Waals surface area contributed by atoms with Crippen molar-refractivity contribution in [3.05, 3.63) is 44.5 Å². The summed E-state index contributed by atoms with van der Waals surface area (Å²) in [5.41, 5.74) is 2.81. The number of nitrogens with one attached hydrogen (secondary N) is 3. The zero-order valence-corrected chi connectivity index (χ0v) is 13.4. The number of anilines is 1. The van der Waals surface area contributed by atoms with Gasteiger partial charge in [0, 0.05) is 23.9 Å². The molecule has 0 spiro atoms. The molecule has 1 amide bonds. The Kier molecular flexibility index (Phi) is 4.96. The molecule has 120 valence electrons. The van der Waals surface area contributed by atoms with Gasteiger partial charge in [0.15, 0.2) is 5.82 Å². The van der Waals surface area contributed by atoms with Crippen LogP contribution in [0.5, 0.6) is 0 Å². The number of carbonyl (C=O) groups excluding carboxylic acids is 1. The van der Waals surface area contributed by atoms with Gasteiger partial charge in [-0.2, -0.15) is 10.4 Å². The van der Waals surface area contributed by atoms with Gasteiger partial charge in [-0.3, -0.25) is 14.7 Å². The van der Waals surface area contributed by atoms with Gasteiger partial charge in [-0.25, -0.2) is 0 Å². The van der Waals surface area contributed by atoms with Crippen LogP contribution in [0.4, 0.5) is 5.82 Å². The first-order valence-electron chi connectivity index (χ1n) is 7.42. The predicted molar refractivity (Wildman–Crippen MR) is 86.2 cm³/mol. The van der Waals surface area contributed by atoms with Crippen LogP contribution in [0.25, 0.3) is 0 Å². The van der Waals surface area contributed by atoms with Crippen molar-refractivity contribution in [2.24, 2.45) is 0 Å². The maximum atomic E-state index is 12.0. The van der Waals surface area contributed by atoms with E-state index in [0.29, 0.717) is 23.5 Å². The van der Waals surface area contributed by atoms with E-state index >= 15 is 0 Å². The molecule has 7 heteroatoms. The molecule has 2 aromatic heterocycles. The second-order valence-corrected chi connectivity index (χ2v) is 5.35. The quantitative estimate of drug-likeness (QED) is 0.779. The summed E-state index contributed by atoms with van der Waals surface area (Å²) >= 11 is 0. The van der Waals surface area contributed by atoms with E-state index < -0.39 is 0 Å². The fraction of sp³-hybridized carbons (Fsp3) is 0.375. The smallest absolute Gasteiger partial charge is 0.266 e. The van der Waals surface area contributed by atoms with Gasteiger partial charge < -0.3 is 10.3 Å². The molecule has 2 rings (SSSR count). The van der Waals surface area contributed by atoms with Gasteiger partial charge in [-0.15, -0.1) is 0 Å². The largest absolute Gasteiger partial charge is 0.325 e. The highest BCUT2D eigenvalue weighted by atomic mass is 16.1. The van der Waals surface area contributed by atoms with Crippen molar-refractivity contribution in [1.82, 2.24) is 15.2 Å². The number of carbonyl (C=O) groups is 1. The number of hydrogen-bond acceptors (Lipinski definition) is 4. The first-order valence-corrected chi connectivity index (χ1v) is 7.42. The molecule has 2 aromatic rings. The summed E-state index contributed by atoms with van der Waals surface area (Å²) in [5, 5.41) is 18.6. The molecule has 0 aliphatic heterocycles. The second kappa shape index (κ2) is 6.92. The summed E-state index contributed by atoms with van der Waals surface area (Å²) in [7, 11) is 0. The average molecular weight is 313 g/mol. The van der Waals surface area contributed by atoms with Gasteiger partial charge in [0.25, 0.3) is 5.56 Å². The Morgan fingerprint density at radius 3 is 2.78 bits per heavy atom. The van der Waals surface area contributed by atoms with Crippen LogP contribution in [0, 0.1) is 25.2 Å². The maximum absolute atomic E-state index is 12.0. The third-order valence-corrected chi connectivity index (χ3v) is 3.80. The van der Waals surface area contributed by atoms with Crippen LogP contribution in [0.2, 0.25) is 0 Å². The number of pyridine rings is 1. The summed E-state index contributed by atoms with van der Waals surface area (Å²) in [4.78, 5) is 26.4. The number of H-pyrrole nitrogens is 2. The Balaban J connectivity index is 2.07. The standard InChI is InChI=1S/C16H19N5O2/c1-4-11-7-14(21-20-11)19-15(22)6-5-12-9(2)13(8-17)16(23)18-10(12)3/h7H,4-6H2,1-3H3,(H,18,23)(H2,19,20,21,22). The molecule has 0 unspecified atom stereocenters. The minimum atomic E-state index is -0.390. The molecule has 0 saturated carbocycles. The fourth-order valence-electron chi connectivity index (χ4n) is 2.47. The Labute approximate surface area is 133 Å². The second-order valence-electron chi connectivity index (χ2n) is 5.35. The van der Waals surface area contributed by atoms with E-state index in [1.807, 2.05) is 13.0 Å². The summed E-state index contributed by atoms with van der Waals surface area (Å²) in [5.74, 6) is 0.335. The van der Waals surface area contributed by atoms with Crippen LogP contribution in [-0.4, -0.2) is 21.1 Å². The Bertz CT molecular complexity index is 826. The number of aromatic amines is 2. The summed E-state index contributed by atoms with van der Waals surface area (Å²) in [6.07, 6.45) is 1.50. The van der Waals surface area contributed by atoms with E-state index in [1.54, 1.807) is 19.9 Å². The molecular weight excluding hydrogens is 294 g/mol. The molecule has 0 aliphatic carbocycles. The molecule has 23 heavy (non-hydrogen) atoms. The lowest BCUT2D eigenvalue weighted by molar-refractivity contribution is -0.116. The van der Waals surface area contributed by atoms with Crippen LogP contribution in [0.1, 0.15) is 41.4 Å². The molecule has 0 atom stereocenters. The Morgan fingerprint density at radius 1 is 1.43 bits per heavy atom. The summed E-state index contributed by atoms with van der Waals surface area (Å²) in [6.45, 7) is 5.49. The topological polar surface area (TPSA) is 114 Å². The van der Waals surface area contributed by atoms with Gasteiger partial charge in [0.05, 0.1) is 0 Å². The normalized spacial score (nSPS) is 10.3. The zero-order valence-electron chi connectivity index (χ0n) is 13.4. The highest BCUT2D eigenvalue weighted by molar-refractivity contribution is 5.89. The van der Waals surface area contributed by atoms with Gasteiger partial charge >= 0.3 is 0 Å². The lowest BCUT2D eigenvalue weighted by Crippen LogP contribution is -2.18. The van der Waals surface area contributed by atoms with Gasteiger partial charge in [-0.05, 0) is 37.8 Å². The van der Waals surface area contributed by atoms with Gasteiger partial charge in [-0.1, -0.05) is 6.92 Å². The zero-order chi connectivity index (χ0) is 17.0. The molecule has 0 radical (unpaired) electrons. The van der Waals surface area contributed by atoms with Crippen molar-refractivity contribution in [3.8, 4) is 6.07 Å². The van der Waals surface area contributed by atoms with Crippen molar-refractivity contribution in [2.75, 3.05) is 5.32 Å². The monoisotopic (exact) mass is 313 g/mol. The van der Waals surface area contributed by atoms with E-state index in [0.717, 1.165) is 17.7 Å². The highest BCUT2D eigenvalue weighted by Gasteiger charge is 2.13. The molecule has 0 bridgehead atoms. The lowest BCUT2D eigenvalue weighted by atomic mass is 9.99. The fourth-order valence-corrected chi connectivity index (χ4v) is 2.47. The van der Waals surface area contributed by atoms with Crippen LogP contribution in [-0.2, 0) is 17.6 Å². The summed E-state index contributed by atoms with van der Waals surface area (Å²) < 4.78 is 0. The van der Waals surface area contributed by atoms with E-state index in [4.69, 9.17) is 5.26 Å². The number of aryl methyl sites for hydroxylation is 2. The molecule has 0 aromatic carbocycles. The van der Waals surface area contributed by atoms with Gasteiger partial charge in [0.2, 0.25) is 5.91 Å². The van der Waals surface area contributed by atoms with E-state index in [-0.39, 0.29) is 23.5 Å². The minimum Gasteiger partial charge on any atom is -0.325 e. The number of aromatic nitrogens is 3. The average Bonchev–Trinajstić information content (AvgIpc) is 2.94. The molecule has 0 saturated heterocycles. The molecule has 2 heterocycles. The Morgan fingerprint density at radius 2 is 2.17 bits per heavy atom. The van der Waals surface area contributed by atoms with Crippen LogP contribution in [0.3, 0.4) is 0 Å². The van der Waals surface area contributed by atoms with Crippen molar-refractivity contribution in [2.45, 2.75) is 40.0 Å². The number of nitriles is 1. The van der Waals surface area contributed by atoms with E-state index in [2.05, 4.69) is 20.5 Å². The first-order chi connectivity index (χ1) is 11.0. The third-order valence-electron chi connectivity index (χ3n) is 3.80. The molecule has 7 nitrogen and oxygen atoms in total. The summed E-state index contributed by atoms with van der Waals surface area (Å²) in [6, 6.07) is 3.70. The number of rotatable bonds is 5. The van der Waals surface area contributed by atoms with Crippen molar-refractivity contribution in [1.29, 1.82) is 5.26 Å². The van der Waals surface area contributed by atoms with Crippen molar-refractivity contribution in [3.63, 3.8) is 0 Å². The number of nitrogens with zero attached hydrogens (tertiary/aromatic N) is 2. The maximum Gasteiger partial charge on any atom is 0.266 e. The number of hydrogen-bond donors (Lipinski definition) is 3. The van der Waals surface area contributed by atoms with Gasteiger partial charge in [0.1, 0.15) is 11.6 Å². The third kappa shape index (κ3) is 3.66. The molecular formula is C16H19N5O2. The predicted octanol–water partition coefficient (Wildman–Crippen LogP) is 1.72. The molecule has 3 N–H and O–H groups in total. The highest BCUT2D eigenvalue weighted by Crippen LogP contribution is 2.15. The molecule has 0 aliphatic rings. The van der Waals surface area contributed by atoms with Crippen LogP contribution < -0.4 is 10.9 Å². The molecule has 0 fully saturated rings. The minimum absolute atomic E-state index is 0.103. The Hall–Kier alpha value is -2.88. The van der Waals surface area contributed by atoms with Crippen LogP contribution >= 0.6 is 0 Å². The first kappa shape index (κ1) is 16.5. The van der Waals surface area contributed by atoms with Crippen LogP contribution in [0.15, 0.2) is 10.9 Å². The SMILES string of the molecule is CCc1cc(NC(=O)CCc2c(C)[nH]c(=O)c(C#N)c2C)n[nH]1. The van der Waals surface area contributed by atoms with Crippen molar-refractivity contribution >= 4 is 11.7 Å². The number of amides is 1. The van der Waals surface area contributed by atoms with E-state index in [1.165, 1.54) is 0 Å². The van der Waals surface area contributed by atoms with Crippen molar-refractivity contribution < 1.29 is 4.79 Å². The lowest BCUT2D eigenvalue weighted by Gasteiger charge is -2.10. The van der Waals surface area contributed by atoms with E-state index in [9.17, 15) is 9.59 Å².